The number of nitrogens with one attached hydrogen (secondary N) is 1. The largest absolute Gasteiger partial charge is 0.393 e. The lowest BCUT2D eigenvalue weighted by Gasteiger charge is -2.26. The van der Waals surface area contributed by atoms with Gasteiger partial charge in [-0.3, -0.25) is 0 Å². The van der Waals surface area contributed by atoms with Crippen LogP contribution in [0, 0.1) is 5.92 Å². The average molecular weight is 325 g/mol. The lowest BCUT2D eigenvalue weighted by atomic mass is 9.87. The Morgan fingerprint density at radius 1 is 1.17 bits per heavy atom. The summed E-state index contributed by atoms with van der Waals surface area (Å²) in [6, 6.07) is 1.76. The number of anilines is 1. The van der Waals surface area contributed by atoms with E-state index in [1.165, 1.54) is 6.33 Å². The number of nitrogens with zero attached hydrogens (tertiary/aromatic N) is 6. The van der Waals surface area contributed by atoms with Gasteiger partial charge < -0.3 is 10.4 Å². The molecule has 0 aromatic carbocycles. The molecule has 2 unspecified atom stereocenters. The predicted octanol–water partition coefficient (Wildman–Crippen LogP) is 1.57. The molecule has 2 N–H and O–H groups in total. The molecule has 1 saturated carbocycles. The zero-order valence-corrected chi connectivity index (χ0v) is 13.2. The summed E-state index contributed by atoms with van der Waals surface area (Å²) in [5, 5.41) is 18.4. The number of hydrogen-bond donors (Lipinski definition) is 2. The summed E-state index contributed by atoms with van der Waals surface area (Å²) in [4.78, 5) is 17.1. The highest BCUT2D eigenvalue weighted by molar-refractivity contribution is 5.86. The molecule has 3 aromatic rings. The number of hydrogen-bond acceptors (Lipinski definition) is 7. The van der Waals surface area contributed by atoms with E-state index in [4.69, 9.17) is 0 Å². The summed E-state index contributed by atoms with van der Waals surface area (Å²) >= 11 is 0. The van der Waals surface area contributed by atoms with Gasteiger partial charge in [0.2, 0.25) is 0 Å². The van der Waals surface area contributed by atoms with Crippen molar-refractivity contribution in [1.82, 2.24) is 29.7 Å². The number of aliphatic hydroxyl groups excluding tert-OH is 1. The van der Waals surface area contributed by atoms with E-state index in [9.17, 15) is 5.11 Å². The molecule has 8 nitrogen and oxygen atoms in total. The highest BCUT2D eigenvalue weighted by atomic mass is 16.3. The maximum Gasteiger partial charge on any atom is 0.252 e. The van der Waals surface area contributed by atoms with Crippen molar-refractivity contribution < 1.29 is 5.11 Å². The van der Waals surface area contributed by atoms with Crippen molar-refractivity contribution in [2.24, 2.45) is 5.92 Å². The predicted molar refractivity (Wildman–Crippen MR) is 88.7 cm³/mol. The van der Waals surface area contributed by atoms with Crippen LogP contribution in [-0.4, -0.2) is 47.5 Å². The Kier molecular flexibility index (Phi) is 4.04. The van der Waals surface area contributed by atoms with E-state index in [0.29, 0.717) is 17.5 Å². The Balaban J connectivity index is 1.57. The summed E-state index contributed by atoms with van der Waals surface area (Å²) < 4.78 is 1.60. The van der Waals surface area contributed by atoms with Gasteiger partial charge in [0.1, 0.15) is 12.1 Å². The van der Waals surface area contributed by atoms with Crippen LogP contribution in [0.25, 0.3) is 17.0 Å². The second-order valence-corrected chi connectivity index (χ2v) is 6.13. The van der Waals surface area contributed by atoms with Crippen molar-refractivity contribution in [3.05, 3.63) is 31.0 Å². The summed E-state index contributed by atoms with van der Waals surface area (Å²) in [7, 11) is 0. The van der Waals surface area contributed by atoms with Crippen molar-refractivity contribution in [2.75, 3.05) is 11.9 Å². The minimum Gasteiger partial charge on any atom is -0.393 e. The minimum absolute atomic E-state index is 0.172. The van der Waals surface area contributed by atoms with Gasteiger partial charge in [-0.2, -0.15) is 9.78 Å². The summed E-state index contributed by atoms with van der Waals surface area (Å²) in [5.74, 6) is 1.70. The number of aromatic nitrogens is 6. The monoisotopic (exact) mass is 325 g/mol. The van der Waals surface area contributed by atoms with Crippen LogP contribution in [0.1, 0.15) is 25.7 Å². The smallest absolute Gasteiger partial charge is 0.252 e. The molecule has 0 radical (unpaired) electrons. The van der Waals surface area contributed by atoms with E-state index < -0.39 is 0 Å². The fourth-order valence-corrected chi connectivity index (χ4v) is 3.22. The second-order valence-electron chi connectivity index (χ2n) is 6.13. The maximum atomic E-state index is 9.80. The van der Waals surface area contributed by atoms with E-state index in [1.807, 2.05) is 0 Å². The first-order valence-electron chi connectivity index (χ1n) is 8.19. The molecule has 0 spiro atoms. The van der Waals surface area contributed by atoms with Crippen LogP contribution < -0.4 is 5.32 Å². The molecular formula is C16H19N7O. The van der Waals surface area contributed by atoms with Gasteiger partial charge in [-0.05, 0) is 31.2 Å². The molecule has 8 heteroatoms. The highest BCUT2D eigenvalue weighted by Crippen LogP contribution is 2.26. The van der Waals surface area contributed by atoms with Gasteiger partial charge in [-0.1, -0.05) is 6.42 Å². The Hall–Kier alpha value is -2.61. The van der Waals surface area contributed by atoms with Gasteiger partial charge in [0.25, 0.3) is 5.95 Å². The van der Waals surface area contributed by atoms with E-state index in [-0.39, 0.29) is 6.10 Å². The van der Waals surface area contributed by atoms with Crippen LogP contribution >= 0.6 is 0 Å². The van der Waals surface area contributed by atoms with Crippen LogP contribution in [0.5, 0.6) is 0 Å². The van der Waals surface area contributed by atoms with Gasteiger partial charge in [0, 0.05) is 18.9 Å². The van der Waals surface area contributed by atoms with Crippen molar-refractivity contribution in [3.63, 3.8) is 0 Å². The zero-order valence-electron chi connectivity index (χ0n) is 13.2. The number of aliphatic hydroxyl groups is 1. The van der Waals surface area contributed by atoms with Gasteiger partial charge in [0.05, 0.1) is 17.7 Å². The van der Waals surface area contributed by atoms with Crippen LogP contribution in [0.3, 0.4) is 0 Å². The molecule has 0 saturated heterocycles. The molecule has 0 aliphatic heterocycles. The summed E-state index contributed by atoms with van der Waals surface area (Å²) in [5.41, 5.74) is 0.669. The van der Waals surface area contributed by atoms with Gasteiger partial charge in [0.15, 0.2) is 5.65 Å². The van der Waals surface area contributed by atoms with E-state index in [2.05, 4.69) is 30.4 Å². The molecule has 1 aliphatic carbocycles. The Labute approximate surface area is 139 Å². The van der Waals surface area contributed by atoms with E-state index in [1.54, 1.807) is 29.3 Å². The second kappa shape index (κ2) is 6.48. The third-order valence-corrected chi connectivity index (χ3v) is 4.42. The average Bonchev–Trinajstić information content (AvgIpc) is 3.05. The van der Waals surface area contributed by atoms with Crippen molar-refractivity contribution >= 4 is 16.9 Å². The molecule has 3 aromatic heterocycles. The number of fused-ring (bicyclic) bond motifs is 1. The third kappa shape index (κ3) is 2.92. The lowest BCUT2D eigenvalue weighted by Crippen LogP contribution is -2.25. The van der Waals surface area contributed by atoms with Gasteiger partial charge >= 0.3 is 0 Å². The van der Waals surface area contributed by atoms with Crippen LogP contribution in [-0.2, 0) is 0 Å². The van der Waals surface area contributed by atoms with Crippen LogP contribution in [0.4, 0.5) is 5.82 Å². The molecule has 2 atom stereocenters. The molecule has 0 amide bonds. The van der Waals surface area contributed by atoms with Crippen molar-refractivity contribution in [2.45, 2.75) is 31.8 Å². The molecule has 3 heterocycles. The van der Waals surface area contributed by atoms with E-state index >= 15 is 0 Å². The first kappa shape index (κ1) is 14.9. The zero-order chi connectivity index (χ0) is 16.4. The molecular weight excluding hydrogens is 306 g/mol. The molecule has 1 fully saturated rings. The molecule has 24 heavy (non-hydrogen) atoms. The van der Waals surface area contributed by atoms with Crippen LogP contribution in [0.15, 0.2) is 31.0 Å². The lowest BCUT2D eigenvalue weighted by molar-refractivity contribution is 0.104. The fourth-order valence-electron chi connectivity index (χ4n) is 3.22. The van der Waals surface area contributed by atoms with Crippen LogP contribution in [0.2, 0.25) is 0 Å². The Bertz CT molecular complexity index is 820. The highest BCUT2D eigenvalue weighted by Gasteiger charge is 2.20. The maximum absolute atomic E-state index is 9.80. The third-order valence-electron chi connectivity index (χ3n) is 4.42. The summed E-state index contributed by atoms with van der Waals surface area (Å²) in [6.07, 6.45) is 10.4. The van der Waals surface area contributed by atoms with Crippen molar-refractivity contribution in [3.8, 4) is 5.95 Å². The summed E-state index contributed by atoms with van der Waals surface area (Å²) in [6.45, 7) is 0.788. The topological polar surface area (TPSA) is 102 Å². The SMILES string of the molecule is OC1CCCC(CNc2ncnc3c2cnn3-c2ncccn2)C1. The first-order chi connectivity index (χ1) is 11.8. The van der Waals surface area contributed by atoms with Gasteiger partial charge in [-0.25, -0.2) is 19.9 Å². The standard InChI is InChI=1S/C16H19N7O/c24-12-4-1-3-11(7-12)8-19-14-13-9-22-23(15(13)21-10-20-14)16-17-5-2-6-18-16/h2,5-6,9-12,24H,1,3-4,7-8H2,(H,19,20,21). The molecule has 0 bridgehead atoms. The Morgan fingerprint density at radius 3 is 2.88 bits per heavy atom. The number of rotatable bonds is 4. The fraction of sp³-hybridized carbons (Fsp3) is 0.438. The first-order valence-corrected chi connectivity index (χ1v) is 8.19. The molecule has 4 rings (SSSR count). The van der Waals surface area contributed by atoms with Crippen molar-refractivity contribution in [1.29, 1.82) is 0 Å². The Morgan fingerprint density at radius 2 is 2.04 bits per heavy atom. The molecule has 124 valence electrons. The minimum atomic E-state index is -0.172. The van der Waals surface area contributed by atoms with E-state index in [0.717, 1.165) is 43.4 Å². The van der Waals surface area contributed by atoms with Gasteiger partial charge in [-0.15, -0.1) is 0 Å². The quantitative estimate of drug-likeness (QED) is 0.750. The normalized spacial score (nSPS) is 21.0. The molecule has 1 aliphatic rings.